The molecule has 1 atom stereocenters. The number of hydrogen-bond acceptors (Lipinski definition) is 2. The van der Waals surface area contributed by atoms with Crippen LogP contribution in [0.2, 0.25) is 0 Å². The molecule has 1 rings (SSSR count). The highest BCUT2D eigenvalue weighted by molar-refractivity contribution is 5.73. The van der Waals surface area contributed by atoms with Crippen LogP contribution in [0.3, 0.4) is 0 Å². The van der Waals surface area contributed by atoms with Crippen LogP contribution in [-0.4, -0.2) is 23.7 Å². The lowest BCUT2D eigenvalue weighted by Crippen LogP contribution is -2.29. The molecule has 0 aromatic rings. The fraction of sp³-hybridized carbons (Fsp3) is 0.800. The number of hydrogen-bond donors (Lipinski definition) is 2. The van der Waals surface area contributed by atoms with Gasteiger partial charge in [0.05, 0.1) is 0 Å². The Morgan fingerprint density at radius 2 is 2.50 bits per heavy atom. The molecule has 46 valence electrons. The molecule has 3 heteroatoms. The molecule has 0 spiro atoms. The van der Waals surface area contributed by atoms with Crippen LogP contribution in [-0.2, 0) is 4.79 Å². The minimum absolute atomic E-state index is 0.269. The smallest absolute Gasteiger partial charge is 0.320 e. The topological polar surface area (TPSA) is 49.3 Å². The molecule has 0 radical (unpaired) electrons. The number of carboxylic acid groups (broad SMARTS) is 1. The summed E-state index contributed by atoms with van der Waals surface area (Å²) in [7, 11) is 0. The van der Waals surface area contributed by atoms with Gasteiger partial charge in [-0.25, -0.2) is 0 Å². The molecule has 0 saturated carbocycles. The van der Waals surface area contributed by atoms with Gasteiger partial charge in [0.1, 0.15) is 6.04 Å². The molecule has 1 aliphatic heterocycles. The Labute approximate surface area is 47.7 Å². The Kier molecular flexibility index (Phi) is 1.48. The Morgan fingerprint density at radius 1 is 1.75 bits per heavy atom. The average molecular weight is 121 g/mol. The van der Waals surface area contributed by atoms with Gasteiger partial charge >= 0.3 is 5.97 Å². The van der Waals surface area contributed by atoms with Gasteiger partial charge in [-0.3, -0.25) is 4.79 Å². The first kappa shape index (κ1) is 5.56. The summed E-state index contributed by atoms with van der Waals surface area (Å²) in [6, 6.07) is -0.269. The third-order valence-corrected chi connectivity index (χ3v) is 1.36. The first-order valence-corrected chi connectivity index (χ1v) is 2.77. The second-order valence-corrected chi connectivity index (χ2v) is 1.99. The highest BCUT2D eigenvalue weighted by atomic mass is 16.5. The van der Waals surface area contributed by atoms with E-state index >= 15 is 0 Å². The average Bonchev–Trinajstić information content (AvgIpc) is 2.12. The zero-order chi connectivity index (χ0) is 5.98. The van der Waals surface area contributed by atoms with Crippen LogP contribution in [0.25, 0.3) is 0 Å². The molecule has 0 aromatic heterocycles. The third kappa shape index (κ3) is 0.980. The summed E-state index contributed by atoms with van der Waals surface area (Å²) in [5.74, 6) is -0.720. The summed E-state index contributed by atoms with van der Waals surface area (Å²) in [6.07, 6.45) is 1.78. The van der Waals surface area contributed by atoms with Crippen LogP contribution in [0.1, 0.15) is 12.8 Å². The van der Waals surface area contributed by atoms with Crippen molar-refractivity contribution >= 4 is 5.97 Å². The van der Waals surface area contributed by atoms with Crippen molar-refractivity contribution in [1.82, 2.24) is 5.32 Å². The van der Waals surface area contributed by atoms with Gasteiger partial charge < -0.3 is 10.4 Å². The number of aliphatic carboxylic acids is 1. The summed E-state index contributed by atoms with van der Waals surface area (Å²) >= 11 is 0. The van der Waals surface area contributed by atoms with E-state index in [-0.39, 0.29) is 6.04 Å². The summed E-state index contributed by atoms with van der Waals surface area (Å²) < 4.78 is 0. The maximum atomic E-state index is 10.1. The SMILES string of the molecule is O=[13C](O)[13CH]1[13CH2][13CH2][13CH2][15NH]1. The van der Waals surface area contributed by atoms with E-state index < -0.39 is 5.97 Å². The molecule has 1 aliphatic rings. The predicted octanol–water partition coefficient (Wildman–Crippen LogP) is -0.177. The first-order valence-electron chi connectivity index (χ1n) is 2.77. The van der Waals surface area contributed by atoms with E-state index in [4.69, 9.17) is 5.11 Å². The molecule has 1 heterocycles. The van der Waals surface area contributed by atoms with Gasteiger partial charge in [-0.1, -0.05) is 0 Å². The summed E-state index contributed by atoms with van der Waals surface area (Å²) in [4.78, 5) is 10.1. The fourth-order valence-corrected chi connectivity index (χ4v) is 0.895. The van der Waals surface area contributed by atoms with Crippen molar-refractivity contribution in [1.29, 1.82) is 0 Å². The molecule has 3 nitrogen and oxygen atoms in total. The second kappa shape index (κ2) is 2.13. The van der Waals surface area contributed by atoms with Crippen molar-refractivity contribution in [2.45, 2.75) is 18.9 Å². The summed E-state index contributed by atoms with van der Waals surface area (Å²) in [5, 5.41) is 11.2. The van der Waals surface area contributed by atoms with Crippen LogP contribution in [0.4, 0.5) is 0 Å². The van der Waals surface area contributed by atoms with Crippen LogP contribution in [0.15, 0.2) is 0 Å². The quantitative estimate of drug-likeness (QED) is 0.374. The van der Waals surface area contributed by atoms with Gasteiger partial charge in [0.25, 0.3) is 0 Å². The monoisotopic (exact) mass is 121 g/mol. The maximum absolute atomic E-state index is 10.1. The molecular weight excluding hydrogens is 112 g/mol. The zero-order valence-electron chi connectivity index (χ0n) is 4.55. The van der Waals surface area contributed by atoms with Crippen LogP contribution in [0, 0.1) is 0 Å². The van der Waals surface area contributed by atoms with E-state index in [1.165, 1.54) is 0 Å². The minimum Gasteiger partial charge on any atom is -0.480 e. The lowest BCUT2D eigenvalue weighted by Gasteiger charge is -1.99. The molecule has 1 unspecified atom stereocenters. The van der Waals surface area contributed by atoms with Gasteiger partial charge in [0.2, 0.25) is 0 Å². The van der Waals surface area contributed by atoms with Crippen LogP contribution in [0.5, 0.6) is 0 Å². The van der Waals surface area contributed by atoms with E-state index in [2.05, 4.69) is 5.32 Å². The molecule has 0 aliphatic carbocycles. The van der Waals surface area contributed by atoms with Gasteiger partial charge in [-0.05, 0) is 19.4 Å². The van der Waals surface area contributed by atoms with Gasteiger partial charge in [-0.2, -0.15) is 0 Å². The molecule has 1 fully saturated rings. The predicted molar refractivity (Wildman–Crippen MR) is 28.7 cm³/mol. The Bertz CT molecular complexity index is 96.6. The van der Waals surface area contributed by atoms with Crippen molar-refractivity contribution in [3.05, 3.63) is 0 Å². The molecule has 0 amide bonds. The van der Waals surface area contributed by atoms with E-state index in [1.807, 2.05) is 0 Å². The Balaban J connectivity index is 2.35. The fourth-order valence-electron chi connectivity index (χ4n) is 0.895. The van der Waals surface area contributed by atoms with Gasteiger partial charge in [-0.15, -0.1) is 0 Å². The largest absolute Gasteiger partial charge is 0.480 e. The molecule has 1 saturated heterocycles. The molecule has 8 heavy (non-hydrogen) atoms. The standard InChI is InChI=1S/C5H9NO2/c7-5(8)4-2-1-3-6-4/h4,6H,1-3H2,(H,7,8)/i1+1,2+1,3+1,4+1,5+1,6+1. The number of carbonyl (C=O) groups is 1. The highest BCUT2D eigenvalue weighted by Crippen LogP contribution is 2.03. The van der Waals surface area contributed by atoms with Crippen molar-refractivity contribution in [3.63, 3.8) is 0 Å². The normalized spacial score (nSPS) is 28.2. The lowest BCUT2D eigenvalue weighted by molar-refractivity contribution is -0.139. The highest BCUT2D eigenvalue weighted by Gasteiger charge is 2.20. The Morgan fingerprint density at radius 3 is 2.75 bits per heavy atom. The van der Waals surface area contributed by atoms with Crippen LogP contribution < -0.4 is 5.32 Å². The van der Waals surface area contributed by atoms with Crippen molar-refractivity contribution in [2.75, 3.05) is 6.54 Å². The minimum atomic E-state index is -0.720. The maximum Gasteiger partial charge on any atom is 0.320 e. The first-order chi connectivity index (χ1) is 3.80. The summed E-state index contributed by atoms with van der Waals surface area (Å²) in [6.45, 7) is 0.858. The van der Waals surface area contributed by atoms with E-state index in [1.54, 1.807) is 0 Å². The van der Waals surface area contributed by atoms with E-state index in [9.17, 15) is 4.79 Å². The van der Waals surface area contributed by atoms with Crippen molar-refractivity contribution in [3.8, 4) is 0 Å². The number of nitrogens with one attached hydrogen (secondary N) is 1. The number of rotatable bonds is 1. The lowest BCUT2D eigenvalue weighted by atomic mass is 11.2. The third-order valence-electron chi connectivity index (χ3n) is 1.36. The Hall–Kier alpha value is -0.570. The molecular formula is C5H9NO2. The molecule has 2 N–H and O–H groups in total. The van der Waals surface area contributed by atoms with Gasteiger partial charge in [0.15, 0.2) is 0 Å². The molecule has 0 aromatic carbocycles. The van der Waals surface area contributed by atoms with Crippen molar-refractivity contribution < 1.29 is 9.90 Å². The molecule has 0 bridgehead atoms. The second-order valence-electron chi connectivity index (χ2n) is 1.99. The summed E-state index contributed by atoms with van der Waals surface area (Å²) in [5.41, 5.74) is 0. The zero-order valence-corrected chi connectivity index (χ0v) is 4.55. The van der Waals surface area contributed by atoms with Crippen LogP contribution >= 0.6 is 0 Å². The van der Waals surface area contributed by atoms with E-state index in [0.29, 0.717) is 0 Å². The van der Waals surface area contributed by atoms with E-state index in [0.717, 1.165) is 19.4 Å². The number of carboxylic acids is 1. The van der Waals surface area contributed by atoms with Crippen molar-refractivity contribution in [2.24, 2.45) is 0 Å². The van der Waals surface area contributed by atoms with Gasteiger partial charge in [0, 0.05) is 0 Å².